The highest BCUT2D eigenvalue weighted by Gasteiger charge is 2.07. The van der Waals surface area contributed by atoms with E-state index in [2.05, 4.69) is 32.3 Å². The smallest absolute Gasteiger partial charge is 0.224 e. The summed E-state index contributed by atoms with van der Waals surface area (Å²) in [6, 6.07) is 15.7. The third kappa shape index (κ3) is 3.34. The molecule has 3 nitrogen and oxygen atoms in total. The summed E-state index contributed by atoms with van der Waals surface area (Å²) in [4.78, 5) is 15.2. The molecule has 1 heterocycles. The highest BCUT2D eigenvalue weighted by atomic mass is 79.9. The Morgan fingerprint density at radius 1 is 1.14 bits per heavy atom. The first-order valence-electron chi connectivity index (χ1n) is 6.83. The highest BCUT2D eigenvalue weighted by Crippen LogP contribution is 2.20. The molecule has 3 rings (SSSR count). The number of hydrogen-bond acceptors (Lipinski definition) is 1. The van der Waals surface area contributed by atoms with Crippen LogP contribution in [0.1, 0.15) is 12.0 Å². The number of aromatic nitrogens is 1. The number of para-hydroxylation sites is 1. The molecule has 0 radical (unpaired) electrons. The van der Waals surface area contributed by atoms with E-state index in [1.54, 1.807) is 0 Å². The number of hydrogen-bond donors (Lipinski definition) is 2. The van der Waals surface area contributed by atoms with Crippen LogP contribution in [0.25, 0.3) is 10.9 Å². The molecule has 3 aromatic rings. The lowest BCUT2D eigenvalue weighted by Gasteiger charge is -2.05. The van der Waals surface area contributed by atoms with Crippen molar-refractivity contribution in [2.75, 3.05) is 5.32 Å². The van der Waals surface area contributed by atoms with Gasteiger partial charge in [0.1, 0.15) is 0 Å². The number of halogens is 1. The largest absolute Gasteiger partial charge is 0.361 e. The Hall–Kier alpha value is -2.07. The minimum Gasteiger partial charge on any atom is -0.361 e. The van der Waals surface area contributed by atoms with Crippen LogP contribution in [0.15, 0.2) is 59.2 Å². The van der Waals surface area contributed by atoms with E-state index in [4.69, 9.17) is 0 Å². The molecule has 2 N–H and O–H groups in total. The zero-order valence-corrected chi connectivity index (χ0v) is 13.0. The molecule has 0 aliphatic carbocycles. The third-order valence-corrected chi connectivity index (χ3v) is 3.90. The van der Waals surface area contributed by atoms with E-state index in [1.165, 1.54) is 10.9 Å². The zero-order chi connectivity index (χ0) is 14.7. The fourth-order valence-corrected chi connectivity index (χ4v) is 2.78. The van der Waals surface area contributed by atoms with Gasteiger partial charge in [-0.25, -0.2) is 0 Å². The van der Waals surface area contributed by atoms with E-state index in [1.807, 2.05) is 48.7 Å². The maximum atomic E-state index is 12.0. The first kappa shape index (κ1) is 13.9. The van der Waals surface area contributed by atoms with Crippen molar-refractivity contribution in [1.29, 1.82) is 0 Å². The minimum absolute atomic E-state index is 0.0263. The second-order valence-corrected chi connectivity index (χ2v) is 5.83. The molecular weight excluding hydrogens is 328 g/mol. The van der Waals surface area contributed by atoms with E-state index in [0.29, 0.717) is 6.42 Å². The van der Waals surface area contributed by atoms with E-state index in [-0.39, 0.29) is 5.91 Å². The van der Waals surface area contributed by atoms with Gasteiger partial charge < -0.3 is 10.3 Å². The minimum atomic E-state index is 0.0263. The summed E-state index contributed by atoms with van der Waals surface area (Å²) in [6.07, 6.45) is 3.18. The van der Waals surface area contributed by atoms with Crippen molar-refractivity contribution in [1.82, 2.24) is 4.98 Å². The van der Waals surface area contributed by atoms with Gasteiger partial charge in [-0.3, -0.25) is 4.79 Å². The summed E-state index contributed by atoms with van der Waals surface area (Å²) < 4.78 is 0.955. The predicted octanol–water partition coefficient (Wildman–Crippen LogP) is 4.50. The van der Waals surface area contributed by atoms with Crippen molar-refractivity contribution in [2.45, 2.75) is 12.8 Å². The Balaban J connectivity index is 1.63. The van der Waals surface area contributed by atoms with Crippen LogP contribution >= 0.6 is 15.9 Å². The molecule has 1 amide bonds. The number of fused-ring (bicyclic) bond motifs is 1. The molecule has 0 saturated heterocycles. The van der Waals surface area contributed by atoms with Crippen molar-refractivity contribution in [3.05, 3.63) is 64.8 Å². The number of nitrogens with one attached hydrogen (secondary N) is 2. The van der Waals surface area contributed by atoms with Gasteiger partial charge in [0.2, 0.25) is 5.91 Å². The molecule has 106 valence electrons. The van der Waals surface area contributed by atoms with Gasteiger partial charge in [-0.2, -0.15) is 0 Å². The summed E-state index contributed by atoms with van der Waals surface area (Å²) in [5.41, 5.74) is 3.10. The normalized spacial score (nSPS) is 10.7. The third-order valence-electron chi connectivity index (χ3n) is 3.40. The summed E-state index contributed by atoms with van der Waals surface area (Å²) in [6.45, 7) is 0. The molecule has 0 spiro atoms. The number of carbonyl (C=O) groups excluding carboxylic acids is 1. The molecule has 2 aromatic carbocycles. The number of aromatic amines is 1. The van der Waals surface area contributed by atoms with Crippen molar-refractivity contribution in [3.63, 3.8) is 0 Å². The van der Waals surface area contributed by atoms with Gasteiger partial charge >= 0.3 is 0 Å². The van der Waals surface area contributed by atoms with Gasteiger partial charge in [0.05, 0.1) is 0 Å². The summed E-state index contributed by atoms with van der Waals surface area (Å²) >= 11 is 3.39. The van der Waals surface area contributed by atoms with Crippen LogP contribution < -0.4 is 5.32 Å². The number of anilines is 1. The molecule has 1 aromatic heterocycles. The van der Waals surface area contributed by atoms with Crippen LogP contribution in [0.2, 0.25) is 0 Å². The maximum Gasteiger partial charge on any atom is 0.224 e. The lowest BCUT2D eigenvalue weighted by Crippen LogP contribution is -2.12. The topological polar surface area (TPSA) is 44.9 Å². The Kier molecular flexibility index (Phi) is 4.06. The first-order valence-corrected chi connectivity index (χ1v) is 7.62. The van der Waals surface area contributed by atoms with Gasteiger partial charge in [0.15, 0.2) is 0 Å². The average molecular weight is 343 g/mol. The predicted molar refractivity (Wildman–Crippen MR) is 89.4 cm³/mol. The molecule has 21 heavy (non-hydrogen) atoms. The lowest BCUT2D eigenvalue weighted by atomic mass is 10.1. The fourth-order valence-electron chi connectivity index (χ4n) is 2.38. The quantitative estimate of drug-likeness (QED) is 0.720. The molecule has 0 unspecified atom stereocenters. The van der Waals surface area contributed by atoms with Crippen LogP contribution in [-0.2, 0) is 11.2 Å². The SMILES string of the molecule is O=C(CCc1c[nH]c2ccccc12)Nc1cccc(Br)c1. The van der Waals surface area contributed by atoms with E-state index in [0.717, 1.165) is 22.1 Å². The fraction of sp³-hybridized carbons (Fsp3) is 0.118. The van der Waals surface area contributed by atoms with Crippen molar-refractivity contribution in [2.24, 2.45) is 0 Å². The Bertz CT molecular complexity index is 779. The second-order valence-electron chi connectivity index (χ2n) is 4.92. The number of H-pyrrole nitrogens is 1. The average Bonchev–Trinajstić information content (AvgIpc) is 2.88. The first-order chi connectivity index (χ1) is 10.2. The van der Waals surface area contributed by atoms with Crippen molar-refractivity contribution in [3.8, 4) is 0 Å². The number of amides is 1. The van der Waals surface area contributed by atoms with Crippen LogP contribution in [0.5, 0.6) is 0 Å². The number of rotatable bonds is 4. The van der Waals surface area contributed by atoms with Crippen LogP contribution in [0.4, 0.5) is 5.69 Å². The monoisotopic (exact) mass is 342 g/mol. The van der Waals surface area contributed by atoms with Crippen molar-refractivity contribution >= 4 is 38.4 Å². The van der Waals surface area contributed by atoms with Crippen LogP contribution in [-0.4, -0.2) is 10.9 Å². The van der Waals surface area contributed by atoms with Gasteiger partial charge in [-0.15, -0.1) is 0 Å². The number of carbonyl (C=O) groups is 1. The summed E-state index contributed by atoms with van der Waals surface area (Å²) in [7, 11) is 0. The highest BCUT2D eigenvalue weighted by molar-refractivity contribution is 9.10. The van der Waals surface area contributed by atoms with E-state index >= 15 is 0 Å². The van der Waals surface area contributed by atoms with Gasteiger partial charge in [-0.05, 0) is 36.2 Å². The molecule has 0 aliphatic rings. The molecule has 0 bridgehead atoms. The summed E-state index contributed by atoms with van der Waals surface area (Å²) in [5, 5.41) is 4.10. The molecule has 4 heteroatoms. The Morgan fingerprint density at radius 3 is 2.86 bits per heavy atom. The molecule has 0 aliphatic heterocycles. The second kappa shape index (κ2) is 6.14. The van der Waals surface area contributed by atoms with Crippen molar-refractivity contribution < 1.29 is 4.79 Å². The molecule has 0 atom stereocenters. The standard InChI is InChI=1S/C17H15BrN2O/c18-13-4-3-5-14(10-13)20-17(21)9-8-12-11-19-16-7-2-1-6-15(12)16/h1-7,10-11,19H,8-9H2,(H,20,21). The van der Waals surface area contributed by atoms with E-state index < -0.39 is 0 Å². The Labute approximate surface area is 131 Å². The van der Waals surface area contributed by atoms with Gasteiger partial charge in [-0.1, -0.05) is 40.2 Å². The lowest BCUT2D eigenvalue weighted by molar-refractivity contribution is -0.116. The van der Waals surface area contributed by atoms with Crippen LogP contribution in [0, 0.1) is 0 Å². The molecule has 0 saturated carbocycles. The molecular formula is C17H15BrN2O. The van der Waals surface area contributed by atoms with E-state index in [9.17, 15) is 4.79 Å². The summed E-state index contributed by atoms with van der Waals surface area (Å²) in [5.74, 6) is 0.0263. The van der Waals surface area contributed by atoms with Gasteiger partial charge in [0, 0.05) is 33.7 Å². The molecule has 0 fully saturated rings. The van der Waals surface area contributed by atoms with Crippen LogP contribution in [0.3, 0.4) is 0 Å². The zero-order valence-electron chi connectivity index (χ0n) is 11.4. The number of benzene rings is 2. The van der Waals surface area contributed by atoms with Gasteiger partial charge in [0.25, 0.3) is 0 Å². The Morgan fingerprint density at radius 2 is 2.00 bits per heavy atom. The maximum absolute atomic E-state index is 12.0. The number of aryl methyl sites for hydroxylation is 1.